The van der Waals surface area contributed by atoms with Crippen molar-refractivity contribution in [2.45, 2.75) is 65.2 Å². The summed E-state index contributed by atoms with van der Waals surface area (Å²) >= 11 is 0. The van der Waals surface area contributed by atoms with Crippen molar-refractivity contribution in [1.82, 2.24) is 4.98 Å². The average Bonchev–Trinajstić information content (AvgIpc) is 3.17. The third kappa shape index (κ3) is 5.32. The third-order valence-corrected chi connectivity index (χ3v) is 6.15. The van der Waals surface area contributed by atoms with E-state index in [9.17, 15) is 13.6 Å². The van der Waals surface area contributed by atoms with Crippen LogP contribution in [-0.4, -0.2) is 11.3 Å². The molecule has 1 unspecified atom stereocenters. The molecule has 0 spiro atoms. The predicted molar refractivity (Wildman–Crippen MR) is 118 cm³/mol. The monoisotopic (exact) mass is 414 g/mol. The zero-order valence-corrected chi connectivity index (χ0v) is 18.3. The van der Waals surface area contributed by atoms with Gasteiger partial charge in [0.15, 0.2) is 0 Å². The molecule has 1 aliphatic carbocycles. The highest BCUT2D eigenvalue weighted by Gasteiger charge is 2.39. The van der Waals surface area contributed by atoms with Crippen molar-refractivity contribution >= 4 is 12.0 Å². The van der Waals surface area contributed by atoms with Gasteiger partial charge >= 0.3 is 0 Å². The zero-order valence-electron chi connectivity index (χ0n) is 18.3. The molecule has 0 bridgehead atoms. The first-order chi connectivity index (χ1) is 14.0. The summed E-state index contributed by atoms with van der Waals surface area (Å²) in [5, 5.41) is 0. The number of nitrogens with two attached hydrogens (primary N) is 1. The summed E-state index contributed by atoms with van der Waals surface area (Å²) in [4.78, 5) is 15.3. The van der Waals surface area contributed by atoms with Crippen molar-refractivity contribution in [3.63, 3.8) is 0 Å². The number of hydrogen-bond donors (Lipinski definition) is 1. The maximum Gasteiger partial charge on any atom is 0.270 e. The number of rotatable bonds is 5. The maximum atomic E-state index is 13.1. The lowest BCUT2D eigenvalue weighted by atomic mass is 9.72. The molecule has 1 atom stereocenters. The molecule has 1 heterocycles. The first-order valence-corrected chi connectivity index (χ1v) is 10.3. The van der Waals surface area contributed by atoms with E-state index in [1.807, 2.05) is 0 Å². The van der Waals surface area contributed by atoms with E-state index in [0.29, 0.717) is 17.2 Å². The number of carbonyl (C=O) groups excluding carboxylic acids is 1. The van der Waals surface area contributed by atoms with Gasteiger partial charge in [-0.2, -0.15) is 0 Å². The Kier molecular flexibility index (Phi) is 7.51. The molecule has 30 heavy (non-hydrogen) atoms. The molecule has 1 aromatic heterocycles. The van der Waals surface area contributed by atoms with Crippen molar-refractivity contribution in [1.29, 1.82) is 0 Å². The number of hydrogen-bond acceptors (Lipinski definition) is 3. The second-order valence-electron chi connectivity index (χ2n) is 8.44. The fourth-order valence-corrected chi connectivity index (χ4v) is 4.29. The first-order valence-electron chi connectivity index (χ1n) is 10.3. The lowest BCUT2D eigenvalue weighted by Gasteiger charge is -2.30. The molecule has 5 heteroatoms. The quantitative estimate of drug-likeness (QED) is 0.585. The fourth-order valence-electron chi connectivity index (χ4n) is 4.29. The van der Waals surface area contributed by atoms with Crippen LogP contribution in [-0.2, 0) is 10.7 Å². The van der Waals surface area contributed by atoms with E-state index < -0.39 is 5.92 Å². The highest BCUT2D eigenvalue weighted by atomic mass is 19.3. The molecular formula is C25H32F2N2O. The summed E-state index contributed by atoms with van der Waals surface area (Å²) in [5.74, 6) is -2.52. The van der Waals surface area contributed by atoms with E-state index in [1.165, 1.54) is 42.5 Å². The Balaban J connectivity index is 0.000000216. The summed E-state index contributed by atoms with van der Waals surface area (Å²) in [6, 6.07) is 9.87. The summed E-state index contributed by atoms with van der Waals surface area (Å²) < 4.78 is 26.1. The van der Waals surface area contributed by atoms with Gasteiger partial charge in [-0.1, -0.05) is 56.2 Å². The predicted octanol–water partition coefficient (Wildman–Crippen LogP) is 6.29. The van der Waals surface area contributed by atoms with Crippen molar-refractivity contribution in [2.24, 2.45) is 11.1 Å². The highest BCUT2D eigenvalue weighted by Crippen LogP contribution is 2.47. The number of halogens is 2. The minimum absolute atomic E-state index is 0.0610. The van der Waals surface area contributed by atoms with Gasteiger partial charge in [-0.25, -0.2) is 8.78 Å². The summed E-state index contributed by atoms with van der Waals surface area (Å²) in [6.45, 7) is 10.2. The van der Waals surface area contributed by atoms with Crippen LogP contribution in [0.5, 0.6) is 0 Å². The number of carbonyl (C=O) groups is 1. The van der Waals surface area contributed by atoms with Crippen LogP contribution < -0.4 is 5.73 Å². The molecule has 162 valence electrons. The van der Waals surface area contributed by atoms with Crippen LogP contribution >= 0.6 is 0 Å². The highest BCUT2D eigenvalue weighted by molar-refractivity contribution is 5.62. The zero-order chi connectivity index (χ0) is 22.5. The van der Waals surface area contributed by atoms with Crippen molar-refractivity contribution in [3.8, 4) is 0 Å². The van der Waals surface area contributed by atoms with Crippen LogP contribution in [0.4, 0.5) is 8.78 Å². The van der Waals surface area contributed by atoms with E-state index in [0.717, 1.165) is 19.8 Å². The lowest BCUT2D eigenvalue weighted by Crippen LogP contribution is -2.25. The normalized spacial score (nSPS) is 16.3. The van der Waals surface area contributed by atoms with Crippen molar-refractivity contribution < 1.29 is 13.6 Å². The maximum absolute atomic E-state index is 13.1. The van der Waals surface area contributed by atoms with Gasteiger partial charge in [0.25, 0.3) is 5.92 Å². The van der Waals surface area contributed by atoms with Crippen LogP contribution in [0.15, 0.2) is 43.1 Å². The number of aryl methyl sites for hydroxylation is 1. The Hall–Kier alpha value is -2.56. The van der Waals surface area contributed by atoms with E-state index in [-0.39, 0.29) is 16.7 Å². The third-order valence-electron chi connectivity index (χ3n) is 6.15. The van der Waals surface area contributed by atoms with E-state index in [2.05, 4.69) is 49.7 Å². The van der Waals surface area contributed by atoms with Gasteiger partial charge in [-0.3, -0.25) is 4.98 Å². The molecule has 0 radical (unpaired) electrons. The molecule has 2 N–H and O–H groups in total. The summed E-state index contributed by atoms with van der Waals surface area (Å²) in [7, 11) is 0. The van der Waals surface area contributed by atoms with Gasteiger partial charge in [0.05, 0.1) is 11.4 Å². The van der Waals surface area contributed by atoms with Gasteiger partial charge in [-0.05, 0) is 49.8 Å². The van der Waals surface area contributed by atoms with Gasteiger partial charge < -0.3 is 10.5 Å². The van der Waals surface area contributed by atoms with Crippen molar-refractivity contribution in [2.75, 3.05) is 0 Å². The smallest absolute Gasteiger partial charge is 0.270 e. The molecule has 1 aliphatic rings. The van der Waals surface area contributed by atoms with E-state index in [4.69, 9.17) is 5.73 Å². The Bertz CT molecular complexity index is 896. The molecule has 0 amide bonds. The second kappa shape index (κ2) is 9.50. The van der Waals surface area contributed by atoms with Crippen LogP contribution in [0.1, 0.15) is 73.4 Å². The number of benzene rings is 1. The summed E-state index contributed by atoms with van der Waals surface area (Å²) in [5.41, 5.74) is 8.79. The SMILES string of the molecule is C=C(N)c1nccc(C(C)(F)F)c1C.Cc1cccc(C(C)C2(C=O)CCCC2)c1. The van der Waals surface area contributed by atoms with Gasteiger partial charge in [0, 0.05) is 24.1 Å². The largest absolute Gasteiger partial charge is 0.397 e. The van der Waals surface area contributed by atoms with Crippen molar-refractivity contribution in [3.05, 3.63) is 71.1 Å². The molecule has 0 saturated heterocycles. The van der Waals surface area contributed by atoms with Crippen LogP contribution in [0.2, 0.25) is 0 Å². The van der Waals surface area contributed by atoms with Crippen LogP contribution in [0.3, 0.4) is 0 Å². The van der Waals surface area contributed by atoms with Crippen LogP contribution in [0.25, 0.3) is 5.70 Å². The van der Waals surface area contributed by atoms with Crippen LogP contribution in [0, 0.1) is 19.3 Å². The lowest BCUT2D eigenvalue weighted by molar-refractivity contribution is -0.116. The van der Waals surface area contributed by atoms with E-state index >= 15 is 0 Å². The Morgan fingerprint density at radius 3 is 2.40 bits per heavy atom. The Morgan fingerprint density at radius 2 is 1.90 bits per heavy atom. The number of alkyl halides is 2. The molecule has 3 rings (SSSR count). The molecule has 3 nitrogen and oxygen atoms in total. The number of pyridine rings is 1. The molecule has 0 aliphatic heterocycles. The standard InChI is InChI=1S/C15H20O.C10H12F2N2/c1-12-6-5-7-14(10-12)13(2)15(11-16)8-3-4-9-15;1-6-8(10(3,11)12)4-5-14-9(6)7(2)13/h5-7,10-11,13H,3-4,8-9H2,1-2H3;4-5H,2,13H2,1,3H3. The second-order valence-corrected chi connectivity index (χ2v) is 8.44. The minimum Gasteiger partial charge on any atom is -0.397 e. The Morgan fingerprint density at radius 1 is 1.27 bits per heavy atom. The summed E-state index contributed by atoms with van der Waals surface area (Å²) in [6.07, 6.45) is 7.06. The van der Waals surface area contributed by atoms with Gasteiger partial charge in [-0.15, -0.1) is 0 Å². The molecular weight excluding hydrogens is 382 g/mol. The van der Waals surface area contributed by atoms with Gasteiger partial charge in [0.2, 0.25) is 0 Å². The van der Waals surface area contributed by atoms with Gasteiger partial charge in [0.1, 0.15) is 6.29 Å². The fraction of sp³-hybridized carbons (Fsp3) is 0.440. The number of aromatic nitrogens is 1. The average molecular weight is 415 g/mol. The molecule has 1 aromatic carbocycles. The molecule has 2 aromatic rings. The molecule has 1 saturated carbocycles. The topological polar surface area (TPSA) is 56.0 Å². The molecule has 1 fully saturated rings. The Labute approximate surface area is 178 Å². The number of nitrogens with zero attached hydrogens (tertiary/aromatic N) is 1. The van der Waals surface area contributed by atoms with E-state index in [1.54, 1.807) is 6.92 Å². The number of aldehydes is 1. The minimum atomic E-state index is -2.88. The first kappa shape index (κ1) is 23.7.